The Morgan fingerprint density at radius 2 is 1.89 bits per heavy atom. The maximum Gasteiger partial charge on any atom is 0.344 e. The molecule has 2 rings (SSSR count). The first-order valence-electron chi connectivity index (χ1n) is 9.14. The molecule has 1 fully saturated rings. The monoisotopic (exact) mass is 381 g/mol. The highest BCUT2D eigenvalue weighted by Gasteiger charge is 2.38. The normalized spacial score (nSPS) is 17.2. The molecule has 1 aromatic heterocycles. The van der Waals surface area contributed by atoms with Gasteiger partial charge in [0.25, 0.3) is 5.56 Å². The molecule has 0 bridgehead atoms. The number of nitrogens with zero attached hydrogens (tertiary/aromatic N) is 1. The van der Waals surface area contributed by atoms with Crippen LogP contribution in [0.3, 0.4) is 0 Å². The van der Waals surface area contributed by atoms with Gasteiger partial charge in [0.1, 0.15) is 18.6 Å². The second-order valence-electron chi connectivity index (χ2n) is 7.34. The zero-order chi connectivity index (χ0) is 20.0. The number of rotatable bonds is 7. The predicted octanol–water partition coefficient (Wildman–Crippen LogP) is 0.694. The molecule has 1 heterocycles. The zero-order valence-electron chi connectivity index (χ0n) is 15.8. The number of hydrogen-bond donors (Lipinski definition) is 2. The second-order valence-corrected chi connectivity index (χ2v) is 7.34. The number of carbonyl (C=O) groups excluding carboxylic acids is 2. The van der Waals surface area contributed by atoms with Gasteiger partial charge < -0.3 is 19.8 Å². The summed E-state index contributed by atoms with van der Waals surface area (Å²) in [6, 6.07) is 3.22. The van der Waals surface area contributed by atoms with Crippen LogP contribution in [-0.2, 0) is 14.3 Å². The molecule has 0 amide bonds. The average molecular weight is 381 g/mol. The van der Waals surface area contributed by atoms with Crippen LogP contribution < -0.4 is 10.4 Å². The van der Waals surface area contributed by atoms with Crippen LogP contribution in [0.2, 0.25) is 0 Å². The van der Waals surface area contributed by atoms with Crippen molar-refractivity contribution in [3.8, 4) is 0 Å². The molecular formula is C19H27NO7. The standard InChI is InChI=1S/C19H27NO7/c1-13-8-15(14-6-4-3-5-7-14)20(16(23)9-13)27-18(25)19(2,11-22)12-26-17(24)10-21/h8-9,14,21-22H,3-7,10-12H2,1-2H3. The van der Waals surface area contributed by atoms with Crippen molar-refractivity contribution in [1.29, 1.82) is 0 Å². The molecule has 0 saturated heterocycles. The topological polar surface area (TPSA) is 115 Å². The molecule has 1 aromatic rings. The van der Waals surface area contributed by atoms with E-state index in [9.17, 15) is 19.5 Å². The molecule has 1 unspecified atom stereocenters. The van der Waals surface area contributed by atoms with Gasteiger partial charge in [-0.05, 0) is 38.3 Å². The molecule has 0 radical (unpaired) electrons. The van der Waals surface area contributed by atoms with Crippen molar-refractivity contribution in [3.05, 3.63) is 33.7 Å². The number of aryl methyl sites for hydroxylation is 1. The molecule has 0 aromatic carbocycles. The molecule has 0 spiro atoms. The Hall–Kier alpha value is -2.19. The minimum atomic E-state index is -1.56. The quantitative estimate of drug-likeness (QED) is 0.668. The number of pyridine rings is 1. The Morgan fingerprint density at radius 1 is 1.22 bits per heavy atom. The fraction of sp³-hybridized carbons (Fsp3) is 0.632. The van der Waals surface area contributed by atoms with Crippen molar-refractivity contribution in [2.45, 2.75) is 51.9 Å². The molecule has 1 saturated carbocycles. The van der Waals surface area contributed by atoms with Gasteiger partial charge in [-0.25, -0.2) is 9.59 Å². The summed E-state index contributed by atoms with van der Waals surface area (Å²) >= 11 is 0. The first-order chi connectivity index (χ1) is 12.8. The number of aliphatic hydroxyl groups excluding tert-OH is 2. The third kappa shape index (κ3) is 5.17. The lowest BCUT2D eigenvalue weighted by atomic mass is 9.86. The summed E-state index contributed by atoms with van der Waals surface area (Å²) in [7, 11) is 0. The van der Waals surface area contributed by atoms with Crippen LogP contribution in [0.15, 0.2) is 16.9 Å². The smallest absolute Gasteiger partial charge is 0.344 e. The van der Waals surface area contributed by atoms with Gasteiger partial charge in [0.05, 0.1) is 12.3 Å². The maximum atomic E-state index is 12.6. The molecular weight excluding hydrogens is 354 g/mol. The van der Waals surface area contributed by atoms with Crippen molar-refractivity contribution in [2.75, 3.05) is 19.8 Å². The first-order valence-corrected chi connectivity index (χ1v) is 9.14. The highest BCUT2D eigenvalue weighted by atomic mass is 16.7. The van der Waals surface area contributed by atoms with E-state index in [1.165, 1.54) is 13.0 Å². The van der Waals surface area contributed by atoms with Crippen LogP contribution in [0.25, 0.3) is 0 Å². The van der Waals surface area contributed by atoms with Gasteiger partial charge in [-0.3, -0.25) is 4.79 Å². The summed E-state index contributed by atoms with van der Waals surface area (Å²) in [6.07, 6.45) is 5.06. The molecule has 1 aliphatic rings. The maximum absolute atomic E-state index is 12.6. The molecule has 150 valence electrons. The third-order valence-electron chi connectivity index (χ3n) is 4.88. The number of carbonyl (C=O) groups is 2. The SMILES string of the molecule is Cc1cc(C2CCCCC2)n(OC(=O)C(C)(CO)COC(=O)CO)c(=O)c1. The second kappa shape index (κ2) is 9.14. The van der Waals surface area contributed by atoms with Crippen LogP contribution >= 0.6 is 0 Å². The van der Waals surface area contributed by atoms with Crippen molar-refractivity contribution < 1.29 is 29.4 Å². The van der Waals surface area contributed by atoms with E-state index in [2.05, 4.69) is 0 Å². The number of hydrogen-bond acceptors (Lipinski definition) is 7. The number of aliphatic hydroxyl groups is 2. The molecule has 1 aliphatic carbocycles. The van der Waals surface area contributed by atoms with Crippen molar-refractivity contribution >= 4 is 11.9 Å². The van der Waals surface area contributed by atoms with E-state index >= 15 is 0 Å². The Kier molecular flexibility index (Phi) is 7.15. The molecule has 8 heteroatoms. The van der Waals surface area contributed by atoms with Crippen LogP contribution in [0.1, 0.15) is 56.2 Å². The van der Waals surface area contributed by atoms with Crippen LogP contribution in [-0.4, -0.2) is 46.7 Å². The average Bonchev–Trinajstić information content (AvgIpc) is 2.68. The minimum Gasteiger partial charge on any atom is -0.463 e. The Labute approximate surface area is 157 Å². The largest absolute Gasteiger partial charge is 0.463 e. The lowest BCUT2D eigenvalue weighted by Crippen LogP contribution is -2.46. The summed E-state index contributed by atoms with van der Waals surface area (Å²) in [5.74, 6) is -1.69. The third-order valence-corrected chi connectivity index (χ3v) is 4.88. The lowest BCUT2D eigenvalue weighted by molar-refractivity contribution is -0.167. The fourth-order valence-electron chi connectivity index (χ4n) is 3.14. The van der Waals surface area contributed by atoms with Crippen molar-refractivity contribution in [2.24, 2.45) is 5.41 Å². The van der Waals surface area contributed by atoms with Gasteiger partial charge in [-0.15, -0.1) is 4.73 Å². The van der Waals surface area contributed by atoms with E-state index in [-0.39, 0.29) is 5.92 Å². The van der Waals surface area contributed by atoms with Crippen molar-refractivity contribution in [3.63, 3.8) is 0 Å². The summed E-state index contributed by atoms with van der Waals surface area (Å²) in [5, 5.41) is 18.3. The van der Waals surface area contributed by atoms with E-state index < -0.39 is 42.7 Å². The van der Waals surface area contributed by atoms with Gasteiger partial charge in [-0.1, -0.05) is 19.3 Å². The van der Waals surface area contributed by atoms with Gasteiger partial charge in [-0.2, -0.15) is 0 Å². The summed E-state index contributed by atoms with van der Waals surface area (Å²) in [5.41, 5.74) is -0.592. The van der Waals surface area contributed by atoms with E-state index in [1.807, 2.05) is 13.0 Å². The first kappa shape index (κ1) is 21.1. The molecule has 1 atom stereocenters. The van der Waals surface area contributed by atoms with Crippen LogP contribution in [0.4, 0.5) is 0 Å². The fourth-order valence-corrected chi connectivity index (χ4v) is 3.14. The lowest BCUT2D eigenvalue weighted by Gasteiger charge is -2.27. The highest BCUT2D eigenvalue weighted by molar-refractivity contribution is 5.78. The molecule has 2 N–H and O–H groups in total. The Balaban J connectivity index is 2.27. The van der Waals surface area contributed by atoms with Crippen LogP contribution in [0, 0.1) is 12.3 Å². The Bertz CT molecular complexity index is 736. The molecule has 8 nitrogen and oxygen atoms in total. The zero-order valence-corrected chi connectivity index (χ0v) is 15.8. The summed E-state index contributed by atoms with van der Waals surface area (Å²) in [4.78, 5) is 41.6. The van der Waals surface area contributed by atoms with Crippen molar-refractivity contribution in [1.82, 2.24) is 4.73 Å². The van der Waals surface area contributed by atoms with Gasteiger partial charge in [0.2, 0.25) is 0 Å². The van der Waals surface area contributed by atoms with E-state index in [0.717, 1.165) is 42.4 Å². The van der Waals surface area contributed by atoms with E-state index in [4.69, 9.17) is 14.7 Å². The summed E-state index contributed by atoms with van der Waals surface area (Å²) in [6.45, 7) is 1.22. The predicted molar refractivity (Wildman–Crippen MR) is 96.1 cm³/mol. The van der Waals surface area contributed by atoms with E-state index in [0.29, 0.717) is 5.69 Å². The van der Waals surface area contributed by atoms with Gasteiger partial charge >= 0.3 is 11.9 Å². The number of esters is 1. The van der Waals surface area contributed by atoms with E-state index in [1.54, 1.807) is 0 Å². The van der Waals surface area contributed by atoms with Crippen LogP contribution in [0.5, 0.6) is 0 Å². The van der Waals surface area contributed by atoms with Gasteiger partial charge in [0.15, 0.2) is 0 Å². The Morgan fingerprint density at radius 3 is 2.48 bits per heavy atom. The molecule has 0 aliphatic heterocycles. The van der Waals surface area contributed by atoms with Gasteiger partial charge in [0, 0.05) is 12.0 Å². The minimum absolute atomic E-state index is 0.117. The number of ether oxygens (including phenoxy) is 1. The number of aromatic nitrogens is 1. The highest BCUT2D eigenvalue weighted by Crippen LogP contribution is 2.32. The summed E-state index contributed by atoms with van der Waals surface area (Å²) < 4.78 is 5.76. The molecule has 27 heavy (non-hydrogen) atoms.